The molecule has 0 fully saturated rings. The van der Waals surface area contributed by atoms with E-state index in [1.807, 2.05) is 6.21 Å². The summed E-state index contributed by atoms with van der Waals surface area (Å²) in [6.07, 6.45) is 24.7. The van der Waals surface area contributed by atoms with Crippen LogP contribution < -0.4 is 0 Å². The Bertz CT molecular complexity index is 306. The highest BCUT2D eigenvalue weighted by atomic mass is 16.3. The molecule has 0 aromatic heterocycles. The monoisotopic (exact) mass is 352 g/mol. The molecular weight excluding hydrogens is 308 g/mol. The fourth-order valence-electron chi connectivity index (χ4n) is 3.81. The zero-order valence-corrected chi connectivity index (χ0v) is 16.9. The third-order valence-corrected chi connectivity index (χ3v) is 5.47. The number of nitrogens with zero attached hydrogens (tertiary/aromatic N) is 2. The summed E-state index contributed by atoms with van der Waals surface area (Å²) in [5, 5.41) is 9.05. The van der Waals surface area contributed by atoms with E-state index >= 15 is 0 Å². The summed E-state index contributed by atoms with van der Waals surface area (Å²) in [5.74, 6) is 0. The summed E-state index contributed by atoms with van der Waals surface area (Å²) >= 11 is 0. The lowest BCUT2D eigenvalue weighted by atomic mass is 10.0. The molecule has 3 heteroatoms. The van der Waals surface area contributed by atoms with Gasteiger partial charge in [-0.25, -0.2) is 0 Å². The van der Waals surface area contributed by atoms with Crippen LogP contribution >= 0.6 is 0 Å². The van der Waals surface area contributed by atoms with Crippen molar-refractivity contribution in [2.45, 2.75) is 116 Å². The van der Waals surface area contributed by atoms with Gasteiger partial charge in [-0.1, -0.05) is 96.8 Å². The predicted molar refractivity (Wildman–Crippen MR) is 110 cm³/mol. The molecule has 0 aliphatic carbocycles. The third-order valence-electron chi connectivity index (χ3n) is 5.47. The maximum atomic E-state index is 9.05. The molecular formula is C22H44N2O. The van der Waals surface area contributed by atoms with E-state index in [9.17, 15) is 0 Å². The Morgan fingerprint density at radius 1 is 0.800 bits per heavy atom. The highest BCUT2D eigenvalue weighted by molar-refractivity contribution is 5.62. The molecule has 1 aliphatic heterocycles. The molecule has 0 aromatic carbocycles. The van der Waals surface area contributed by atoms with Crippen molar-refractivity contribution >= 4 is 6.21 Å². The zero-order valence-electron chi connectivity index (χ0n) is 16.9. The van der Waals surface area contributed by atoms with E-state index in [-0.39, 0.29) is 6.61 Å². The minimum Gasteiger partial charge on any atom is -0.395 e. The fraction of sp³-hybridized carbons (Fsp3) is 0.955. The molecule has 25 heavy (non-hydrogen) atoms. The molecule has 1 N–H and O–H groups in total. The summed E-state index contributed by atoms with van der Waals surface area (Å²) in [7, 11) is 0. The lowest BCUT2D eigenvalue weighted by Gasteiger charge is -2.21. The summed E-state index contributed by atoms with van der Waals surface area (Å²) < 4.78 is 0. The fourth-order valence-corrected chi connectivity index (χ4v) is 3.81. The van der Waals surface area contributed by atoms with Crippen LogP contribution in [-0.4, -0.2) is 42.1 Å². The largest absolute Gasteiger partial charge is 0.395 e. The smallest absolute Gasteiger partial charge is 0.102 e. The standard InChI is InChI=1S/C22H44N2O/c1-2-3-4-5-6-7-8-9-10-11-12-13-14-15-16-17-22-23-18-19-24(22)20-21-25/h18,22,25H,2-17,19-21H2,1H3/t22-/m0/s1. The van der Waals surface area contributed by atoms with E-state index in [2.05, 4.69) is 16.8 Å². The molecule has 1 aliphatic rings. The zero-order chi connectivity index (χ0) is 18.0. The number of aliphatic hydroxyl groups is 1. The van der Waals surface area contributed by atoms with Crippen molar-refractivity contribution in [1.82, 2.24) is 4.90 Å². The Kier molecular flexibility index (Phi) is 15.4. The Balaban J connectivity index is 1.75. The maximum Gasteiger partial charge on any atom is 0.102 e. The van der Waals surface area contributed by atoms with Crippen LogP contribution in [0.15, 0.2) is 4.99 Å². The van der Waals surface area contributed by atoms with E-state index in [1.165, 1.54) is 96.3 Å². The predicted octanol–water partition coefficient (Wildman–Crippen LogP) is 5.95. The van der Waals surface area contributed by atoms with Crippen molar-refractivity contribution in [3.8, 4) is 0 Å². The minimum atomic E-state index is 0.249. The lowest BCUT2D eigenvalue weighted by Crippen LogP contribution is -2.32. The van der Waals surface area contributed by atoms with Crippen molar-refractivity contribution in [2.24, 2.45) is 4.99 Å². The van der Waals surface area contributed by atoms with Crippen molar-refractivity contribution < 1.29 is 5.11 Å². The van der Waals surface area contributed by atoms with Gasteiger partial charge in [-0.2, -0.15) is 0 Å². The van der Waals surface area contributed by atoms with Crippen LogP contribution in [0.5, 0.6) is 0 Å². The molecule has 148 valence electrons. The van der Waals surface area contributed by atoms with Crippen molar-refractivity contribution in [3.05, 3.63) is 0 Å². The quantitative estimate of drug-likeness (QED) is 0.309. The second-order valence-corrected chi connectivity index (χ2v) is 7.77. The summed E-state index contributed by atoms with van der Waals surface area (Å²) in [6, 6.07) is 0. The van der Waals surface area contributed by atoms with E-state index in [4.69, 9.17) is 5.11 Å². The number of β-amino-alcohol motifs (C(OH)–C–C–N with tert-alkyl or cyclic N) is 1. The van der Waals surface area contributed by atoms with Gasteiger partial charge < -0.3 is 5.11 Å². The normalized spacial score (nSPS) is 17.6. The van der Waals surface area contributed by atoms with Gasteiger partial charge in [-0.05, 0) is 12.8 Å². The average molecular weight is 353 g/mol. The van der Waals surface area contributed by atoms with Gasteiger partial charge >= 0.3 is 0 Å². The molecule has 1 heterocycles. The van der Waals surface area contributed by atoms with Gasteiger partial charge in [0.2, 0.25) is 0 Å². The van der Waals surface area contributed by atoms with E-state index < -0.39 is 0 Å². The van der Waals surface area contributed by atoms with E-state index in [1.54, 1.807) is 0 Å². The molecule has 1 atom stereocenters. The van der Waals surface area contributed by atoms with E-state index in [0.717, 1.165) is 19.5 Å². The van der Waals surface area contributed by atoms with E-state index in [0.29, 0.717) is 6.17 Å². The second-order valence-electron chi connectivity index (χ2n) is 7.77. The first-order chi connectivity index (χ1) is 12.4. The summed E-state index contributed by atoms with van der Waals surface area (Å²) in [5.41, 5.74) is 0. The minimum absolute atomic E-state index is 0.249. The van der Waals surface area contributed by atoms with Gasteiger partial charge in [0.25, 0.3) is 0 Å². The lowest BCUT2D eigenvalue weighted by molar-refractivity contribution is 0.176. The van der Waals surface area contributed by atoms with Crippen molar-refractivity contribution in [3.63, 3.8) is 0 Å². The van der Waals surface area contributed by atoms with Crippen molar-refractivity contribution in [1.29, 1.82) is 0 Å². The number of hydrogen-bond acceptors (Lipinski definition) is 3. The molecule has 0 bridgehead atoms. The van der Waals surface area contributed by atoms with Gasteiger partial charge in [-0.15, -0.1) is 0 Å². The summed E-state index contributed by atoms with van der Waals surface area (Å²) in [4.78, 5) is 6.81. The topological polar surface area (TPSA) is 35.8 Å². The molecule has 0 spiro atoms. The number of rotatable bonds is 18. The van der Waals surface area contributed by atoms with Crippen LogP contribution in [0, 0.1) is 0 Å². The molecule has 0 radical (unpaired) electrons. The Hall–Kier alpha value is -0.410. The molecule has 0 saturated carbocycles. The van der Waals surface area contributed by atoms with Gasteiger partial charge in [0, 0.05) is 19.3 Å². The van der Waals surface area contributed by atoms with Gasteiger partial charge in [-0.3, -0.25) is 9.89 Å². The highest BCUT2D eigenvalue weighted by Crippen LogP contribution is 2.16. The highest BCUT2D eigenvalue weighted by Gasteiger charge is 2.19. The molecule has 0 saturated heterocycles. The van der Waals surface area contributed by atoms with Crippen LogP contribution in [0.25, 0.3) is 0 Å². The van der Waals surface area contributed by atoms with Crippen LogP contribution in [0.4, 0.5) is 0 Å². The Morgan fingerprint density at radius 3 is 1.76 bits per heavy atom. The van der Waals surface area contributed by atoms with Gasteiger partial charge in [0.05, 0.1) is 6.61 Å². The van der Waals surface area contributed by atoms with Crippen LogP contribution in [0.2, 0.25) is 0 Å². The Labute approximate surface area is 157 Å². The average Bonchev–Trinajstić information content (AvgIpc) is 3.06. The first kappa shape index (κ1) is 22.6. The number of aliphatic imine (C=N–C) groups is 1. The number of aliphatic hydroxyl groups excluding tert-OH is 1. The SMILES string of the molecule is CCCCCCCCCCCCCCCCC[C@H]1N=CCN1CCO. The molecule has 0 unspecified atom stereocenters. The molecule has 0 aromatic rings. The van der Waals surface area contributed by atoms with Gasteiger partial charge in [0.15, 0.2) is 0 Å². The first-order valence-electron chi connectivity index (χ1n) is 11.2. The first-order valence-corrected chi connectivity index (χ1v) is 11.2. The molecule has 0 amide bonds. The van der Waals surface area contributed by atoms with Crippen LogP contribution in [0.1, 0.15) is 110 Å². The molecule has 3 nitrogen and oxygen atoms in total. The number of hydrogen-bond donors (Lipinski definition) is 1. The second kappa shape index (κ2) is 17.0. The van der Waals surface area contributed by atoms with Crippen LogP contribution in [-0.2, 0) is 0 Å². The Morgan fingerprint density at radius 2 is 1.28 bits per heavy atom. The summed E-state index contributed by atoms with van der Waals surface area (Å²) in [6.45, 7) is 4.23. The maximum absolute atomic E-state index is 9.05. The number of unbranched alkanes of at least 4 members (excludes halogenated alkanes) is 14. The third kappa shape index (κ3) is 12.6. The van der Waals surface area contributed by atoms with Crippen molar-refractivity contribution in [2.75, 3.05) is 19.7 Å². The van der Waals surface area contributed by atoms with Crippen LogP contribution in [0.3, 0.4) is 0 Å². The van der Waals surface area contributed by atoms with Gasteiger partial charge in [0.1, 0.15) is 6.17 Å². The molecule has 1 rings (SSSR count).